The number of nitrogens with one attached hydrogen (secondary N) is 2. The van der Waals surface area contributed by atoms with Crippen LogP contribution in [0.25, 0.3) is 0 Å². The van der Waals surface area contributed by atoms with Crippen molar-refractivity contribution < 1.29 is 28.2 Å². The van der Waals surface area contributed by atoms with Crippen LogP contribution in [0, 0.1) is 0 Å². The fourth-order valence-electron chi connectivity index (χ4n) is 2.51. The standard InChI is InChI=1S/C18H20F3N3O3/c19-18(20,21)16-7-6-13(10-23-16)9-22-11-15(25)14(24-17(26)27)8-12-4-2-1-3-5-12/h1-7,10,14-15,22,24-25H,8-9,11H2,(H,26,27)/t14-,15-/m0/s1. The van der Waals surface area contributed by atoms with Gasteiger partial charge in [-0.05, 0) is 23.6 Å². The highest BCUT2D eigenvalue weighted by Crippen LogP contribution is 2.27. The van der Waals surface area contributed by atoms with E-state index in [9.17, 15) is 23.1 Å². The van der Waals surface area contributed by atoms with Gasteiger partial charge in [-0.1, -0.05) is 36.4 Å². The molecule has 2 aromatic rings. The Bertz CT molecular complexity index is 724. The van der Waals surface area contributed by atoms with Crippen molar-refractivity contribution in [1.29, 1.82) is 0 Å². The summed E-state index contributed by atoms with van der Waals surface area (Å²) in [6.45, 7) is 0.242. The average molecular weight is 383 g/mol. The smallest absolute Gasteiger partial charge is 0.433 e. The van der Waals surface area contributed by atoms with E-state index in [2.05, 4.69) is 15.6 Å². The van der Waals surface area contributed by atoms with Crippen molar-refractivity contribution >= 4 is 6.09 Å². The van der Waals surface area contributed by atoms with E-state index in [1.54, 1.807) is 0 Å². The first-order valence-corrected chi connectivity index (χ1v) is 8.20. The third-order valence-electron chi connectivity index (χ3n) is 3.87. The van der Waals surface area contributed by atoms with Gasteiger partial charge in [-0.2, -0.15) is 13.2 Å². The number of hydrogen-bond donors (Lipinski definition) is 4. The van der Waals surface area contributed by atoms with Crippen LogP contribution >= 0.6 is 0 Å². The number of hydrogen-bond acceptors (Lipinski definition) is 4. The molecule has 0 fully saturated rings. The van der Waals surface area contributed by atoms with Crippen LogP contribution in [-0.2, 0) is 19.1 Å². The normalized spacial score (nSPS) is 13.8. The van der Waals surface area contributed by atoms with E-state index in [1.807, 2.05) is 30.3 Å². The summed E-state index contributed by atoms with van der Waals surface area (Å²) in [5.41, 5.74) is 0.406. The summed E-state index contributed by atoms with van der Waals surface area (Å²) < 4.78 is 37.5. The molecule has 0 aliphatic heterocycles. The summed E-state index contributed by atoms with van der Waals surface area (Å²) in [5, 5.41) is 24.4. The Balaban J connectivity index is 1.89. The maximum absolute atomic E-state index is 12.5. The Morgan fingerprint density at radius 1 is 1.11 bits per heavy atom. The number of pyridine rings is 1. The summed E-state index contributed by atoms with van der Waals surface area (Å²) in [5.74, 6) is 0. The lowest BCUT2D eigenvalue weighted by Crippen LogP contribution is -2.48. The van der Waals surface area contributed by atoms with Crippen LogP contribution in [0.1, 0.15) is 16.8 Å². The first-order valence-electron chi connectivity index (χ1n) is 8.20. The molecule has 4 N–H and O–H groups in total. The molecule has 0 bridgehead atoms. The molecule has 2 atom stereocenters. The Morgan fingerprint density at radius 3 is 2.37 bits per heavy atom. The highest BCUT2D eigenvalue weighted by molar-refractivity contribution is 5.65. The number of aliphatic hydroxyl groups is 1. The molecule has 0 spiro atoms. The molecule has 6 nitrogen and oxygen atoms in total. The lowest BCUT2D eigenvalue weighted by atomic mass is 10.0. The molecule has 0 aliphatic rings. The maximum atomic E-state index is 12.5. The summed E-state index contributed by atoms with van der Waals surface area (Å²) in [6.07, 6.45) is -5.35. The fraction of sp³-hybridized carbons (Fsp3) is 0.333. The summed E-state index contributed by atoms with van der Waals surface area (Å²) >= 11 is 0. The zero-order valence-corrected chi connectivity index (χ0v) is 14.3. The molecule has 1 aromatic carbocycles. The molecular formula is C18H20F3N3O3. The van der Waals surface area contributed by atoms with Crippen LogP contribution in [0.2, 0.25) is 0 Å². The zero-order valence-electron chi connectivity index (χ0n) is 14.3. The molecule has 9 heteroatoms. The van der Waals surface area contributed by atoms with Crippen molar-refractivity contribution in [3.63, 3.8) is 0 Å². The van der Waals surface area contributed by atoms with E-state index in [1.165, 1.54) is 6.07 Å². The average Bonchev–Trinajstić information content (AvgIpc) is 2.61. The number of rotatable bonds is 8. The van der Waals surface area contributed by atoms with Gasteiger partial charge in [0.05, 0.1) is 12.1 Å². The lowest BCUT2D eigenvalue weighted by molar-refractivity contribution is -0.141. The largest absolute Gasteiger partial charge is 0.465 e. The maximum Gasteiger partial charge on any atom is 0.433 e. The highest BCUT2D eigenvalue weighted by atomic mass is 19.4. The van der Waals surface area contributed by atoms with E-state index < -0.39 is 30.1 Å². The zero-order chi connectivity index (χ0) is 19.9. The highest BCUT2D eigenvalue weighted by Gasteiger charge is 2.32. The summed E-state index contributed by atoms with van der Waals surface area (Å²) in [6, 6.07) is 10.6. The number of aliphatic hydroxyl groups excluding tert-OH is 1. The minimum atomic E-state index is -4.49. The second kappa shape index (κ2) is 9.33. The monoisotopic (exact) mass is 383 g/mol. The lowest BCUT2D eigenvalue weighted by Gasteiger charge is -2.23. The molecule has 1 amide bonds. The molecule has 0 aliphatic carbocycles. The molecule has 0 saturated heterocycles. The Kier molecular flexibility index (Phi) is 7.14. The fourth-order valence-corrected chi connectivity index (χ4v) is 2.51. The van der Waals surface area contributed by atoms with Crippen LogP contribution in [0.5, 0.6) is 0 Å². The van der Waals surface area contributed by atoms with Gasteiger partial charge < -0.3 is 20.8 Å². The molecule has 1 heterocycles. The van der Waals surface area contributed by atoms with E-state index >= 15 is 0 Å². The van der Waals surface area contributed by atoms with Crippen molar-refractivity contribution in [3.8, 4) is 0 Å². The van der Waals surface area contributed by atoms with Crippen molar-refractivity contribution in [1.82, 2.24) is 15.6 Å². The van der Waals surface area contributed by atoms with E-state index in [4.69, 9.17) is 5.11 Å². The number of carbonyl (C=O) groups is 1. The second-order valence-corrected chi connectivity index (χ2v) is 5.99. The molecule has 0 radical (unpaired) electrons. The van der Waals surface area contributed by atoms with Gasteiger partial charge in [-0.15, -0.1) is 0 Å². The van der Waals surface area contributed by atoms with E-state index in [-0.39, 0.29) is 13.1 Å². The topological polar surface area (TPSA) is 94.5 Å². The van der Waals surface area contributed by atoms with Crippen molar-refractivity contribution in [3.05, 3.63) is 65.5 Å². The molecule has 2 rings (SSSR count). The third kappa shape index (κ3) is 6.87. The van der Waals surface area contributed by atoms with Gasteiger partial charge in [0.25, 0.3) is 0 Å². The van der Waals surface area contributed by atoms with Crippen LogP contribution in [-0.4, -0.2) is 40.0 Å². The molecule has 27 heavy (non-hydrogen) atoms. The molecule has 146 valence electrons. The number of alkyl halides is 3. The quantitative estimate of drug-likeness (QED) is 0.562. The Labute approximate surface area is 154 Å². The molecule has 0 saturated carbocycles. The first-order chi connectivity index (χ1) is 12.8. The van der Waals surface area contributed by atoms with Crippen molar-refractivity contribution in [2.24, 2.45) is 0 Å². The number of halogens is 3. The predicted molar refractivity (Wildman–Crippen MR) is 92.0 cm³/mol. The number of nitrogens with zero attached hydrogens (tertiary/aromatic N) is 1. The van der Waals surface area contributed by atoms with Gasteiger partial charge in [0.2, 0.25) is 0 Å². The predicted octanol–water partition coefficient (Wildman–Crippen LogP) is 2.43. The SMILES string of the molecule is O=C(O)N[C@@H](Cc1ccccc1)[C@@H](O)CNCc1ccc(C(F)(F)F)nc1. The van der Waals surface area contributed by atoms with Gasteiger partial charge in [0, 0.05) is 19.3 Å². The number of benzene rings is 1. The Hall–Kier alpha value is -2.65. The van der Waals surface area contributed by atoms with E-state index in [0.29, 0.717) is 12.0 Å². The first kappa shape index (κ1) is 20.7. The van der Waals surface area contributed by atoms with Crippen molar-refractivity contribution in [2.45, 2.75) is 31.3 Å². The number of aromatic nitrogens is 1. The number of amides is 1. The third-order valence-corrected chi connectivity index (χ3v) is 3.87. The minimum absolute atomic E-state index is 0.0544. The molecular weight excluding hydrogens is 363 g/mol. The summed E-state index contributed by atoms with van der Waals surface area (Å²) in [7, 11) is 0. The Morgan fingerprint density at radius 2 is 1.81 bits per heavy atom. The summed E-state index contributed by atoms with van der Waals surface area (Å²) in [4.78, 5) is 14.3. The van der Waals surface area contributed by atoms with Crippen LogP contribution < -0.4 is 10.6 Å². The second-order valence-electron chi connectivity index (χ2n) is 5.99. The minimum Gasteiger partial charge on any atom is -0.465 e. The van der Waals surface area contributed by atoms with Gasteiger partial charge in [0.1, 0.15) is 5.69 Å². The molecule has 0 unspecified atom stereocenters. The van der Waals surface area contributed by atoms with Gasteiger partial charge >= 0.3 is 12.3 Å². The molecule has 1 aromatic heterocycles. The number of carboxylic acid groups (broad SMARTS) is 1. The van der Waals surface area contributed by atoms with Gasteiger partial charge in [-0.3, -0.25) is 4.98 Å². The van der Waals surface area contributed by atoms with Crippen LogP contribution in [0.3, 0.4) is 0 Å². The van der Waals surface area contributed by atoms with E-state index in [0.717, 1.165) is 17.8 Å². The van der Waals surface area contributed by atoms with Gasteiger partial charge in [0.15, 0.2) is 0 Å². The van der Waals surface area contributed by atoms with Gasteiger partial charge in [-0.25, -0.2) is 4.79 Å². The van der Waals surface area contributed by atoms with Crippen LogP contribution in [0.15, 0.2) is 48.7 Å². The van der Waals surface area contributed by atoms with Crippen LogP contribution in [0.4, 0.5) is 18.0 Å². The van der Waals surface area contributed by atoms with Crippen molar-refractivity contribution in [2.75, 3.05) is 6.54 Å².